The van der Waals surface area contributed by atoms with Gasteiger partial charge in [-0.3, -0.25) is 9.78 Å². The molecule has 2 N–H and O–H groups in total. The van der Waals surface area contributed by atoms with Gasteiger partial charge in [-0.2, -0.15) is 10.2 Å². The predicted molar refractivity (Wildman–Crippen MR) is 125 cm³/mol. The van der Waals surface area contributed by atoms with Crippen LogP contribution in [0.15, 0.2) is 18.3 Å². The summed E-state index contributed by atoms with van der Waals surface area (Å²) in [5.41, 5.74) is 4.30. The summed E-state index contributed by atoms with van der Waals surface area (Å²) in [7, 11) is 1.86. The molecular weight excluding hydrogens is 444 g/mol. The number of aryl methyl sites for hydroxylation is 2. The molecule has 2 unspecified atom stereocenters. The standard InChI is InChI=1S/C22H23ClN8O2/c1-11-21(31-12-4-3-5-13(31)9-30(8-12)22(32)33)25-20-19(24-11)18(26-27-20)14-6-7-16-15(17(14)23)10-29(2)28-16/h6-7,10,12-13H,3-5,8-9H2,1-2H3,(H,32,33)(H,25,26,27). The van der Waals surface area contributed by atoms with Crippen LogP contribution in [0.5, 0.6) is 0 Å². The molecule has 4 aromatic rings. The number of piperidine rings is 1. The summed E-state index contributed by atoms with van der Waals surface area (Å²) in [5.74, 6) is 0.797. The van der Waals surface area contributed by atoms with Crippen LogP contribution in [0.3, 0.4) is 0 Å². The van der Waals surface area contributed by atoms with Gasteiger partial charge in [-0.05, 0) is 38.3 Å². The van der Waals surface area contributed by atoms with E-state index in [0.29, 0.717) is 35.0 Å². The Morgan fingerprint density at radius 3 is 2.70 bits per heavy atom. The summed E-state index contributed by atoms with van der Waals surface area (Å²) >= 11 is 6.73. The van der Waals surface area contributed by atoms with Crippen molar-refractivity contribution in [3.8, 4) is 11.3 Å². The van der Waals surface area contributed by atoms with Gasteiger partial charge in [0.1, 0.15) is 11.2 Å². The summed E-state index contributed by atoms with van der Waals surface area (Å²) in [4.78, 5) is 25.2. The maximum atomic E-state index is 11.6. The van der Waals surface area contributed by atoms with Gasteiger partial charge in [-0.1, -0.05) is 11.6 Å². The first kappa shape index (κ1) is 20.2. The van der Waals surface area contributed by atoms with Crippen molar-refractivity contribution in [1.82, 2.24) is 34.8 Å². The number of H-pyrrole nitrogens is 1. The van der Waals surface area contributed by atoms with Gasteiger partial charge >= 0.3 is 6.09 Å². The van der Waals surface area contributed by atoms with Crippen molar-refractivity contribution in [2.75, 3.05) is 18.0 Å². The second kappa shape index (κ2) is 7.31. The number of carbonyl (C=O) groups is 1. The number of amides is 1. The van der Waals surface area contributed by atoms with Gasteiger partial charge in [0.25, 0.3) is 0 Å². The number of fused-ring (bicyclic) bond motifs is 4. The van der Waals surface area contributed by atoms with Gasteiger partial charge in [0.05, 0.1) is 16.2 Å². The summed E-state index contributed by atoms with van der Waals surface area (Å²) in [5, 5.41) is 22.9. The Hall–Kier alpha value is -3.40. The first-order valence-corrected chi connectivity index (χ1v) is 11.4. The van der Waals surface area contributed by atoms with E-state index in [0.717, 1.165) is 47.2 Å². The van der Waals surface area contributed by atoms with Crippen molar-refractivity contribution in [1.29, 1.82) is 0 Å². The molecule has 1 aromatic carbocycles. The monoisotopic (exact) mass is 466 g/mol. The van der Waals surface area contributed by atoms with Gasteiger partial charge < -0.3 is 14.9 Å². The third-order valence-electron chi connectivity index (χ3n) is 6.78. The zero-order valence-electron chi connectivity index (χ0n) is 18.3. The number of aromatic amines is 1. The molecule has 2 bridgehead atoms. The van der Waals surface area contributed by atoms with Crippen molar-refractivity contribution in [2.45, 2.75) is 38.3 Å². The highest BCUT2D eigenvalue weighted by Gasteiger charge is 2.40. The zero-order chi connectivity index (χ0) is 22.9. The Balaban J connectivity index is 1.42. The molecule has 33 heavy (non-hydrogen) atoms. The number of aromatic nitrogens is 6. The van der Waals surface area contributed by atoms with Crippen molar-refractivity contribution < 1.29 is 9.90 Å². The molecule has 10 nitrogen and oxygen atoms in total. The lowest BCUT2D eigenvalue weighted by Gasteiger charge is -2.50. The van der Waals surface area contributed by atoms with Crippen LogP contribution in [-0.2, 0) is 7.05 Å². The number of carboxylic acid groups (broad SMARTS) is 1. The molecule has 5 heterocycles. The van der Waals surface area contributed by atoms with Gasteiger partial charge in [0, 0.05) is 49.4 Å². The smallest absolute Gasteiger partial charge is 0.407 e. The molecule has 2 aliphatic heterocycles. The number of nitrogens with one attached hydrogen (secondary N) is 1. The van der Waals surface area contributed by atoms with Crippen molar-refractivity contribution in [3.63, 3.8) is 0 Å². The molecule has 2 fully saturated rings. The molecular formula is C22H23ClN8O2. The van der Waals surface area contributed by atoms with Crippen LogP contribution in [-0.4, -0.2) is 71.2 Å². The molecule has 3 aromatic heterocycles. The maximum Gasteiger partial charge on any atom is 0.407 e. The highest BCUT2D eigenvalue weighted by Crippen LogP contribution is 2.38. The van der Waals surface area contributed by atoms with E-state index < -0.39 is 6.09 Å². The number of halogens is 1. The highest BCUT2D eigenvalue weighted by atomic mass is 35.5. The summed E-state index contributed by atoms with van der Waals surface area (Å²) < 4.78 is 1.74. The lowest BCUT2D eigenvalue weighted by atomic mass is 9.91. The fraction of sp³-hybridized carbons (Fsp3) is 0.409. The molecule has 2 aliphatic rings. The number of nitrogens with zero attached hydrogens (tertiary/aromatic N) is 7. The number of piperazine rings is 1. The third kappa shape index (κ3) is 3.12. The second-order valence-electron chi connectivity index (χ2n) is 8.90. The minimum atomic E-state index is -0.856. The zero-order valence-corrected chi connectivity index (χ0v) is 19.0. The highest BCUT2D eigenvalue weighted by molar-refractivity contribution is 6.38. The fourth-order valence-corrected chi connectivity index (χ4v) is 5.62. The maximum absolute atomic E-state index is 11.6. The van der Waals surface area contributed by atoms with E-state index in [1.807, 2.05) is 32.3 Å². The summed E-state index contributed by atoms with van der Waals surface area (Å²) in [6.07, 6.45) is 4.01. The minimum Gasteiger partial charge on any atom is -0.465 e. The largest absolute Gasteiger partial charge is 0.465 e. The average molecular weight is 467 g/mol. The van der Waals surface area contributed by atoms with Crippen LogP contribution in [0.4, 0.5) is 10.6 Å². The Labute approximate surface area is 194 Å². The van der Waals surface area contributed by atoms with Gasteiger partial charge in [0.2, 0.25) is 0 Å². The van der Waals surface area contributed by atoms with Gasteiger partial charge in [-0.15, -0.1) is 0 Å². The first-order chi connectivity index (χ1) is 15.9. The summed E-state index contributed by atoms with van der Waals surface area (Å²) in [6.45, 7) is 2.92. The van der Waals surface area contributed by atoms with E-state index in [4.69, 9.17) is 21.6 Å². The molecule has 0 aliphatic carbocycles. The molecule has 11 heteroatoms. The average Bonchev–Trinajstić information content (AvgIpc) is 3.35. The number of hydrogen-bond acceptors (Lipinski definition) is 6. The second-order valence-corrected chi connectivity index (χ2v) is 9.28. The Morgan fingerprint density at radius 1 is 1.21 bits per heavy atom. The molecule has 6 rings (SSSR count). The van der Waals surface area contributed by atoms with E-state index in [1.165, 1.54) is 4.90 Å². The first-order valence-electron chi connectivity index (χ1n) is 11.0. The number of rotatable bonds is 2. The van der Waals surface area contributed by atoms with E-state index in [2.05, 4.69) is 20.2 Å². The van der Waals surface area contributed by atoms with Gasteiger partial charge in [-0.25, -0.2) is 14.8 Å². The number of likely N-dealkylation sites (tertiary alicyclic amines) is 1. The Morgan fingerprint density at radius 2 is 1.97 bits per heavy atom. The van der Waals surface area contributed by atoms with Crippen molar-refractivity contribution >= 4 is 45.6 Å². The SMILES string of the molecule is Cc1nc2c(-c3ccc4nn(C)cc4c3Cl)n[nH]c2nc1N1C2CCCC1CN(C(=O)O)C2. The van der Waals surface area contributed by atoms with Crippen LogP contribution in [0.1, 0.15) is 25.0 Å². The van der Waals surface area contributed by atoms with Crippen LogP contribution < -0.4 is 4.90 Å². The molecule has 2 atom stereocenters. The molecule has 2 saturated heterocycles. The molecule has 0 radical (unpaired) electrons. The molecule has 0 saturated carbocycles. The minimum absolute atomic E-state index is 0.101. The van der Waals surface area contributed by atoms with E-state index >= 15 is 0 Å². The third-order valence-corrected chi connectivity index (χ3v) is 7.18. The van der Waals surface area contributed by atoms with E-state index in [1.54, 1.807) is 4.68 Å². The summed E-state index contributed by atoms with van der Waals surface area (Å²) in [6, 6.07) is 4.04. The number of benzene rings is 1. The van der Waals surface area contributed by atoms with Crippen molar-refractivity contribution in [2.24, 2.45) is 7.05 Å². The number of anilines is 1. The van der Waals surface area contributed by atoms with Crippen molar-refractivity contribution in [3.05, 3.63) is 29.0 Å². The van der Waals surface area contributed by atoms with Crippen LogP contribution in [0.25, 0.3) is 33.3 Å². The molecule has 0 spiro atoms. The van der Waals surface area contributed by atoms with E-state index in [-0.39, 0.29) is 12.1 Å². The van der Waals surface area contributed by atoms with Gasteiger partial charge in [0.15, 0.2) is 11.5 Å². The number of hydrogen-bond donors (Lipinski definition) is 2. The van der Waals surface area contributed by atoms with Crippen LogP contribution in [0.2, 0.25) is 5.02 Å². The topological polar surface area (TPSA) is 116 Å². The predicted octanol–water partition coefficient (Wildman–Crippen LogP) is 3.59. The Bertz CT molecular complexity index is 1400. The molecule has 1 amide bonds. The van der Waals surface area contributed by atoms with E-state index in [9.17, 15) is 9.90 Å². The lowest BCUT2D eigenvalue weighted by Crippen LogP contribution is -2.62. The quantitative estimate of drug-likeness (QED) is 0.463. The molecule has 170 valence electrons. The normalized spacial score (nSPS) is 20.7. The van der Waals surface area contributed by atoms with Crippen LogP contribution in [0, 0.1) is 6.92 Å². The lowest BCUT2D eigenvalue weighted by molar-refractivity contribution is 0.114. The fourth-order valence-electron chi connectivity index (χ4n) is 5.32. The Kier molecular flexibility index (Phi) is 4.48. The van der Waals surface area contributed by atoms with Crippen LogP contribution >= 0.6 is 11.6 Å².